The van der Waals surface area contributed by atoms with Gasteiger partial charge in [0.2, 0.25) is 0 Å². The van der Waals surface area contributed by atoms with Crippen molar-refractivity contribution in [3.63, 3.8) is 0 Å². The summed E-state index contributed by atoms with van der Waals surface area (Å²) in [6.45, 7) is 0. The summed E-state index contributed by atoms with van der Waals surface area (Å²) in [6.07, 6.45) is 1.66. The van der Waals surface area contributed by atoms with Gasteiger partial charge >= 0.3 is 0 Å². The minimum Gasteiger partial charge on any atom is -0.508 e. The van der Waals surface area contributed by atoms with Crippen molar-refractivity contribution in [1.29, 1.82) is 0 Å². The van der Waals surface area contributed by atoms with E-state index in [1.165, 1.54) is 12.1 Å². The number of hydrogen-bond acceptors (Lipinski definition) is 5. The molecule has 0 unspecified atom stereocenters. The molecule has 0 atom stereocenters. The lowest BCUT2D eigenvalue weighted by atomic mass is 10.1. The second-order valence-electron chi connectivity index (χ2n) is 5.48. The molecule has 0 aliphatic heterocycles. The maximum absolute atomic E-state index is 13.3. The van der Waals surface area contributed by atoms with Gasteiger partial charge in [-0.3, -0.25) is 4.98 Å². The molecule has 0 saturated heterocycles. The van der Waals surface area contributed by atoms with E-state index in [9.17, 15) is 9.50 Å². The Hall–Kier alpha value is -3.54. The molecule has 0 aliphatic rings. The standard InChI is InChI=1S/C19H13FN4O/c20-13-2-1-3-14(10-13)22-18-9-8-16-19(24-18)23-17(11-21-16)12-4-6-15(25)7-5-12/h1-11,25H,(H,22,23,24). The lowest BCUT2D eigenvalue weighted by Crippen LogP contribution is -1.97. The molecular weight excluding hydrogens is 319 g/mol. The Kier molecular flexibility index (Phi) is 3.70. The average molecular weight is 332 g/mol. The minimum atomic E-state index is -0.319. The summed E-state index contributed by atoms with van der Waals surface area (Å²) in [7, 11) is 0. The molecule has 122 valence electrons. The van der Waals surface area contributed by atoms with Gasteiger partial charge in [-0.05, 0) is 54.6 Å². The summed E-state index contributed by atoms with van der Waals surface area (Å²) in [5, 5.41) is 12.4. The normalized spacial score (nSPS) is 10.8. The number of anilines is 2. The van der Waals surface area contributed by atoms with E-state index < -0.39 is 0 Å². The van der Waals surface area contributed by atoms with Crippen LogP contribution in [0, 0.1) is 5.82 Å². The van der Waals surface area contributed by atoms with E-state index in [0.717, 1.165) is 5.56 Å². The first-order chi connectivity index (χ1) is 12.2. The summed E-state index contributed by atoms with van der Waals surface area (Å²) < 4.78 is 13.3. The molecule has 0 spiro atoms. The number of rotatable bonds is 3. The van der Waals surface area contributed by atoms with Crippen LogP contribution in [0.4, 0.5) is 15.9 Å². The van der Waals surface area contributed by atoms with E-state index in [0.29, 0.717) is 28.4 Å². The van der Waals surface area contributed by atoms with Gasteiger partial charge in [-0.1, -0.05) is 6.07 Å². The lowest BCUT2D eigenvalue weighted by Gasteiger charge is -2.07. The Balaban J connectivity index is 1.70. The molecule has 5 nitrogen and oxygen atoms in total. The average Bonchev–Trinajstić information content (AvgIpc) is 2.62. The molecular formula is C19H13FN4O. The third kappa shape index (κ3) is 3.23. The number of benzene rings is 2. The zero-order valence-corrected chi connectivity index (χ0v) is 13.0. The van der Waals surface area contributed by atoms with Gasteiger partial charge in [0.25, 0.3) is 0 Å². The molecule has 2 N–H and O–H groups in total. The van der Waals surface area contributed by atoms with Crippen LogP contribution in [0.3, 0.4) is 0 Å². The monoisotopic (exact) mass is 332 g/mol. The third-order valence-electron chi connectivity index (χ3n) is 3.67. The number of phenolic OH excluding ortho intramolecular Hbond substituents is 1. The van der Waals surface area contributed by atoms with Gasteiger partial charge in [-0.2, -0.15) is 0 Å². The van der Waals surface area contributed by atoms with Gasteiger partial charge in [0.15, 0.2) is 5.65 Å². The van der Waals surface area contributed by atoms with Crippen molar-refractivity contribution in [2.75, 3.05) is 5.32 Å². The van der Waals surface area contributed by atoms with Crippen molar-refractivity contribution in [3.8, 4) is 17.0 Å². The summed E-state index contributed by atoms with van der Waals surface area (Å²) in [5.41, 5.74) is 3.23. The van der Waals surface area contributed by atoms with Gasteiger partial charge in [0.1, 0.15) is 22.9 Å². The summed E-state index contributed by atoms with van der Waals surface area (Å²) in [4.78, 5) is 13.3. The van der Waals surface area contributed by atoms with Crippen LogP contribution in [0.2, 0.25) is 0 Å². The van der Waals surface area contributed by atoms with Gasteiger partial charge < -0.3 is 10.4 Å². The van der Waals surface area contributed by atoms with E-state index in [1.807, 2.05) is 0 Å². The number of fused-ring (bicyclic) bond motifs is 1. The topological polar surface area (TPSA) is 70.9 Å². The Morgan fingerprint density at radius 1 is 0.920 bits per heavy atom. The number of aromatic hydroxyl groups is 1. The van der Waals surface area contributed by atoms with Crippen LogP contribution >= 0.6 is 0 Å². The van der Waals surface area contributed by atoms with Crippen molar-refractivity contribution < 1.29 is 9.50 Å². The van der Waals surface area contributed by atoms with Gasteiger partial charge in [-0.15, -0.1) is 0 Å². The summed E-state index contributed by atoms with van der Waals surface area (Å²) in [5.74, 6) is 0.424. The van der Waals surface area contributed by atoms with Crippen molar-refractivity contribution >= 4 is 22.7 Å². The minimum absolute atomic E-state index is 0.192. The highest BCUT2D eigenvalue weighted by molar-refractivity contribution is 5.76. The predicted molar refractivity (Wildman–Crippen MR) is 94.1 cm³/mol. The number of nitrogens with one attached hydrogen (secondary N) is 1. The van der Waals surface area contributed by atoms with Gasteiger partial charge in [-0.25, -0.2) is 14.4 Å². The molecule has 2 aromatic heterocycles. The molecule has 25 heavy (non-hydrogen) atoms. The number of nitrogens with zero attached hydrogens (tertiary/aromatic N) is 3. The molecule has 4 rings (SSSR count). The van der Waals surface area contributed by atoms with Crippen molar-refractivity contribution in [3.05, 3.63) is 72.7 Å². The quantitative estimate of drug-likeness (QED) is 0.586. The molecule has 2 aromatic carbocycles. The zero-order chi connectivity index (χ0) is 17.2. The highest BCUT2D eigenvalue weighted by Crippen LogP contribution is 2.22. The Morgan fingerprint density at radius 3 is 2.56 bits per heavy atom. The number of halogens is 1. The van der Waals surface area contributed by atoms with Gasteiger partial charge in [0.05, 0.1) is 11.9 Å². The molecule has 2 heterocycles. The second-order valence-corrected chi connectivity index (χ2v) is 5.48. The fourth-order valence-electron chi connectivity index (χ4n) is 2.45. The van der Waals surface area contributed by atoms with Gasteiger partial charge in [0, 0.05) is 11.3 Å². The predicted octanol–water partition coefficient (Wildman–Crippen LogP) is 4.28. The summed E-state index contributed by atoms with van der Waals surface area (Å²) in [6, 6.07) is 16.4. The highest BCUT2D eigenvalue weighted by atomic mass is 19.1. The van der Waals surface area contributed by atoms with Crippen LogP contribution in [-0.2, 0) is 0 Å². The van der Waals surface area contributed by atoms with Crippen molar-refractivity contribution in [2.24, 2.45) is 0 Å². The number of hydrogen-bond donors (Lipinski definition) is 2. The first-order valence-corrected chi connectivity index (χ1v) is 7.63. The van der Waals surface area contributed by atoms with Crippen LogP contribution in [0.5, 0.6) is 5.75 Å². The van der Waals surface area contributed by atoms with Crippen LogP contribution in [-0.4, -0.2) is 20.1 Å². The molecule has 0 bridgehead atoms. The molecule has 0 saturated carbocycles. The van der Waals surface area contributed by atoms with Crippen molar-refractivity contribution in [1.82, 2.24) is 15.0 Å². The molecule has 0 aliphatic carbocycles. The zero-order valence-electron chi connectivity index (χ0n) is 13.0. The first kappa shape index (κ1) is 15.0. The van der Waals surface area contributed by atoms with Crippen LogP contribution in [0.25, 0.3) is 22.4 Å². The van der Waals surface area contributed by atoms with E-state index in [2.05, 4.69) is 20.3 Å². The second kappa shape index (κ2) is 6.16. The van der Waals surface area contributed by atoms with E-state index in [-0.39, 0.29) is 11.6 Å². The molecule has 0 fully saturated rings. The van der Waals surface area contributed by atoms with Crippen LogP contribution in [0.1, 0.15) is 0 Å². The Morgan fingerprint density at radius 2 is 1.76 bits per heavy atom. The molecule has 4 aromatic rings. The lowest BCUT2D eigenvalue weighted by molar-refractivity contribution is 0.475. The van der Waals surface area contributed by atoms with Crippen LogP contribution < -0.4 is 5.32 Å². The number of aromatic nitrogens is 3. The Labute approximate surface area is 142 Å². The van der Waals surface area contributed by atoms with Crippen LogP contribution in [0.15, 0.2) is 66.9 Å². The Bertz CT molecular complexity index is 1050. The first-order valence-electron chi connectivity index (χ1n) is 7.63. The molecule has 6 heteroatoms. The SMILES string of the molecule is Oc1ccc(-c2cnc3ccc(Nc4cccc(F)c4)nc3n2)cc1. The van der Waals surface area contributed by atoms with Crippen molar-refractivity contribution in [2.45, 2.75) is 0 Å². The largest absolute Gasteiger partial charge is 0.508 e. The van der Waals surface area contributed by atoms with E-state index >= 15 is 0 Å². The fourth-order valence-corrected chi connectivity index (χ4v) is 2.45. The maximum atomic E-state index is 13.3. The molecule has 0 radical (unpaired) electrons. The fraction of sp³-hybridized carbons (Fsp3) is 0. The number of pyridine rings is 1. The number of phenols is 1. The molecule has 0 amide bonds. The smallest absolute Gasteiger partial charge is 0.180 e. The summed E-state index contributed by atoms with van der Waals surface area (Å²) >= 11 is 0. The third-order valence-corrected chi connectivity index (χ3v) is 3.67. The van der Waals surface area contributed by atoms with E-state index in [1.54, 1.807) is 54.7 Å². The maximum Gasteiger partial charge on any atom is 0.180 e. The highest BCUT2D eigenvalue weighted by Gasteiger charge is 2.06. The van der Waals surface area contributed by atoms with E-state index in [4.69, 9.17) is 0 Å².